The number of carbonyl (C=O) groups is 2. The molecule has 8 nitrogen and oxygen atoms in total. The average Bonchev–Trinajstić information content (AvgIpc) is 2.88. The number of nitro benzene ring substituents is 1. The number of nitro groups is 1. The Morgan fingerprint density at radius 2 is 2.04 bits per heavy atom. The highest BCUT2D eigenvalue weighted by molar-refractivity contribution is 7.16. The molecule has 0 unspecified atom stereocenters. The van der Waals surface area contributed by atoms with Crippen molar-refractivity contribution in [2.24, 2.45) is 10.4 Å². The smallest absolute Gasteiger partial charge is 0.307 e. The van der Waals surface area contributed by atoms with E-state index >= 15 is 0 Å². The van der Waals surface area contributed by atoms with Crippen molar-refractivity contribution in [1.29, 1.82) is 0 Å². The van der Waals surface area contributed by atoms with E-state index in [0.29, 0.717) is 21.6 Å². The minimum absolute atomic E-state index is 0.0370. The molecule has 0 saturated carbocycles. The SMILES string of the molecule is CCOC(=O)CCn1c(=NC(=O)C(C)(C)C)sc2cc([N+](=O)[O-])ccc21. The first-order valence-corrected chi connectivity index (χ1v) is 8.97. The van der Waals surface area contributed by atoms with Gasteiger partial charge in [0.05, 0.1) is 28.2 Å². The lowest BCUT2D eigenvalue weighted by molar-refractivity contribution is -0.384. The van der Waals surface area contributed by atoms with Crippen molar-refractivity contribution in [1.82, 2.24) is 4.57 Å². The summed E-state index contributed by atoms with van der Waals surface area (Å²) in [5, 5.41) is 11.0. The number of hydrogen-bond donors (Lipinski definition) is 0. The van der Waals surface area contributed by atoms with Crippen LogP contribution in [0.1, 0.15) is 34.1 Å². The van der Waals surface area contributed by atoms with E-state index in [1.165, 1.54) is 23.5 Å². The number of benzene rings is 1. The molecule has 1 aromatic heterocycles. The first-order chi connectivity index (χ1) is 12.1. The van der Waals surface area contributed by atoms with Crippen LogP contribution in [0.5, 0.6) is 0 Å². The molecule has 0 N–H and O–H groups in total. The molecular formula is C17H21N3O5S. The molecule has 1 heterocycles. The van der Waals surface area contributed by atoms with Crippen LogP contribution in [0.4, 0.5) is 5.69 Å². The molecule has 0 bridgehead atoms. The Hall–Kier alpha value is -2.55. The minimum Gasteiger partial charge on any atom is -0.466 e. The summed E-state index contributed by atoms with van der Waals surface area (Å²) in [5.74, 6) is -0.655. The standard InChI is InChI=1S/C17H21N3O5S/c1-5-25-14(21)8-9-19-12-7-6-11(20(23)24)10-13(12)26-16(19)18-15(22)17(2,3)4/h6-7,10H,5,8-9H2,1-4H3. The summed E-state index contributed by atoms with van der Waals surface area (Å²) >= 11 is 1.18. The summed E-state index contributed by atoms with van der Waals surface area (Å²) in [6.07, 6.45) is 0.119. The van der Waals surface area contributed by atoms with Gasteiger partial charge in [-0.3, -0.25) is 19.7 Å². The van der Waals surface area contributed by atoms with Gasteiger partial charge in [-0.25, -0.2) is 0 Å². The molecule has 0 fully saturated rings. The van der Waals surface area contributed by atoms with Crippen LogP contribution in [0.25, 0.3) is 10.2 Å². The lowest BCUT2D eigenvalue weighted by Crippen LogP contribution is -2.24. The largest absolute Gasteiger partial charge is 0.466 e. The number of thiazole rings is 1. The predicted octanol–water partition coefficient (Wildman–Crippen LogP) is 3.04. The summed E-state index contributed by atoms with van der Waals surface area (Å²) in [6, 6.07) is 4.45. The maximum atomic E-state index is 12.3. The second kappa shape index (κ2) is 7.77. The van der Waals surface area contributed by atoms with Gasteiger partial charge in [-0.1, -0.05) is 32.1 Å². The Bertz CT molecular complexity index is 921. The summed E-state index contributed by atoms with van der Waals surface area (Å²) in [5.41, 5.74) is -0.00317. The number of nitrogens with zero attached hydrogens (tertiary/aromatic N) is 3. The maximum absolute atomic E-state index is 12.3. The first kappa shape index (κ1) is 19.8. The molecule has 140 valence electrons. The predicted molar refractivity (Wildman–Crippen MR) is 97.7 cm³/mol. The number of aryl methyl sites for hydroxylation is 1. The summed E-state index contributed by atoms with van der Waals surface area (Å²) < 4.78 is 7.30. The van der Waals surface area contributed by atoms with Crippen LogP contribution in [0.15, 0.2) is 23.2 Å². The Kier molecular flexibility index (Phi) is 5.91. The van der Waals surface area contributed by atoms with Gasteiger partial charge in [-0.2, -0.15) is 4.99 Å². The molecule has 0 spiro atoms. The molecule has 0 aliphatic heterocycles. The van der Waals surface area contributed by atoms with Gasteiger partial charge in [0.1, 0.15) is 0 Å². The topological polar surface area (TPSA) is 104 Å². The Labute approximate surface area is 154 Å². The van der Waals surface area contributed by atoms with Crippen LogP contribution in [0.3, 0.4) is 0 Å². The van der Waals surface area contributed by atoms with Crippen LogP contribution < -0.4 is 4.80 Å². The van der Waals surface area contributed by atoms with E-state index in [1.807, 2.05) is 0 Å². The Morgan fingerprint density at radius 3 is 2.62 bits per heavy atom. The number of non-ortho nitro benzene ring substituents is 1. The van der Waals surface area contributed by atoms with Crippen molar-refractivity contribution in [3.05, 3.63) is 33.1 Å². The van der Waals surface area contributed by atoms with Crippen LogP contribution in [0, 0.1) is 15.5 Å². The monoisotopic (exact) mass is 379 g/mol. The number of hydrogen-bond acceptors (Lipinski definition) is 6. The molecule has 0 aliphatic carbocycles. The zero-order valence-electron chi connectivity index (χ0n) is 15.1. The highest BCUT2D eigenvalue weighted by atomic mass is 32.1. The molecule has 9 heteroatoms. The normalized spacial score (nSPS) is 12.4. The molecule has 0 aliphatic rings. The zero-order valence-corrected chi connectivity index (χ0v) is 16.0. The van der Waals surface area contributed by atoms with Crippen LogP contribution in [-0.2, 0) is 20.9 Å². The molecule has 26 heavy (non-hydrogen) atoms. The van der Waals surface area contributed by atoms with Crippen molar-refractivity contribution < 1.29 is 19.2 Å². The second-order valence-electron chi connectivity index (χ2n) is 6.67. The van der Waals surface area contributed by atoms with E-state index in [0.717, 1.165) is 0 Å². The summed E-state index contributed by atoms with van der Waals surface area (Å²) in [4.78, 5) is 39.1. The number of esters is 1. The van der Waals surface area contributed by atoms with Crippen molar-refractivity contribution in [3.63, 3.8) is 0 Å². The van der Waals surface area contributed by atoms with Crippen LogP contribution in [-0.4, -0.2) is 28.0 Å². The number of rotatable bonds is 5. The van der Waals surface area contributed by atoms with E-state index in [9.17, 15) is 19.7 Å². The van der Waals surface area contributed by atoms with Gasteiger partial charge in [0.15, 0.2) is 4.80 Å². The van der Waals surface area contributed by atoms with Gasteiger partial charge >= 0.3 is 5.97 Å². The van der Waals surface area contributed by atoms with Crippen molar-refractivity contribution in [2.45, 2.75) is 40.7 Å². The van der Waals surface area contributed by atoms with Gasteiger partial charge in [0, 0.05) is 24.1 Å². The molecular weight excluding hydrogens is 358 g/mol. The van der Waals surface area contributed by atoms with Crippen molar-refractivity contribution in [3.8, 4) is 0 Å². The lowest BCUT2D eigenvalue weighted by Gasteiger charge is -2.12. The second-order valence-corrected chi connectivity index (χ2v) is 7.68. The van der Waals surface area contributed by atoms with Gasteiger partial charge in [-0.05, 0) is 13.0 Å². The molecule has 1 amide bonds. The highest BCUT2D eigenvalue weighted by Crippen LogP contribution is 2.24. The van der Waals surface area contributed by atoms with E-state index in [-0.39, 0.29) is 30.5 Å². The quantitative estimate of drug-likeness (QED) is 0.451. The van der Waals surface area contributed by atoms with Crippen molar-refractivity contribution in [2.75, 3.05) is 6.61 Å². The van der Waals surface area contributed by atoms with E-state index in [2.05, 4.69) is 4.99 Å². The van der Waals surface area contributed by atoms with Gasteiger partial charge in [0.25, 0.3) is 11.6 Å². The summed E-state index contributed by atoms with van der Waals surface area (Å²) in [7, 11) is 0. The third-order valence-electron chi connectivity index (χ3n) is 3.56. The molecule has 0 radical (unpaired) electrons. The molecule has 2 aromatic rings. The fourth-order valence-corrected chi connectivity index (χ4v) is 3.26. The third-order valence-corrected chi connectivity index (χ3v) is 4.60. The molecule has 0 atom stereocenters. The molecule has 2 rings (SSSR count). The fourth-order valence-electron chi connectivity index (χ4n) is 2.17. The van der Waals surface area contributed by atoms with Crippen molar-refractivity contribution >= 4 is 39.1 Å². The number of ether oxygens (including phenoxy) is 1. The zero-order chi connectivity index (χ0) is 19.5. The third kappa shape index (κ3) is 4.54. The van der Waals surface area contributed by atoms with Gasteiger partial charge in [0.2, 0.25) is 0 Å². The molecule has 1 aromatic carbocycles. The lowest BCUT2D eigenvalue weighted by atomic mass is 9.96. The molecule has 0 saturated heterocycles. The van der Waals surface area contributed by atoms with E-state index in [1.54, 1.807) is 38.3 Å². The van der Waals surface area contributed by atoms with Crippen LogP contribution in [0.2, 0.25) is 0 Å². The average molecular weight is 379 g/mol. The number of amides is 1. The highest BCUT2D eigenvalue weighted by Gasteiger charge is 2.21. The summed E-state index contributed by atoms with van der Waals surface area (Å²) in [6.45, 7) is 7.58. The van der Waals surface area contributed by atoms with Gasteiger partial charge in [-0.15, -0.1) is 0 Å². The van der Waals surface area contributed by atoms with Crippen LogP contribution >= 0.6 is 11.3 Å². The Morgan fingerprint density at radius 1 is 1.35 bits per heavy atom. The Balaban J connectivity index is 2.55. The number of carbonyl (C=O) groups excluding carboxylic acids is 2. The number of fused-ring (bicyclic) bond motifs is 1. The first-order valence-electron chi connectivity index (χ1n) is 8.16. The minimum atomic E-state index is -0.652. The maximum Gasteiger partial charge on any atom is 0.307 e. The van der Waals surface area contributed by atoms with E-state index < -0.39 is 10.3 Å². The number of aromatic nitrogens is 1. The fraction of sp³-hybridized carbons (Fsp3) is 0.471. The van der Waals surface area contributed by atoms with E-state index in [4.69, 9.17) is 4.74 Å². The van der Waals surface area contributed by atoms with Gasteiger partial charge < -0.3 is 9.30 Å².